The number of carboxylic acids is 1. The first-order valence-corrected chi connectivity index (χ1v) is 6.91. The van der Waals surface area contributed by atoms with Crippen molar-refractivity contribution >= 4 is 11.8 Å². The van der Waals surface area contributed by atoms with Gasteiger partial charge in [0.15, 0.2) is 0 Å². The van der Waals surface area contributed by atoms with E-state index >= 15 is 0 Å². The molecule has 0 radical (unpaired) electrons. The molecule has 2 N–H and O–H groups in total. The van der Waals surface area contributed by atoms with E-state index in [0.717, 1.165) is 12.2 Å². The molecule has 0 aliphatic heterocycles. The molecule has 0 unspecified atom stereocenters. The van der Waals surface area contributed by atoms with E-state index in [2.05, 4.69) is 4.98 Å². The number of hydrogen-bond donors (Lipinski definition) is 2. The average Bonchev–Trinajstić information content (AvgIpc) is 2.38. The Balaban J connectivity index is 3.23. The second kappa shape index (κ2) is 6.70. The van der Waals surface area contributed by atoms with Gasteiger partial charge < -0.3 is 15.1 Å². The molecule has 0 saturated carbocycles. The van der Waals surface area contributed by atoms with Crippen LogP contribution in [0.5, 0.6) is 0 Å². The third kappa shape index (κ3) is 4.20. The maximum Gasteiger partial charge on any atom is 0.335 e. The van der Waals surface area contributed by atoms with Crippen LogP contribution in [-0.2, 0) is 5.41 Å². The molecule has 0 bridgehead atoms. The van der Waals surface area contributed by atoms with Crippen LogP contribution in [-0.4, -0.2) is 40.9 Å². The normalized spacial score (nSPS) is 11.4. The van der Waals surface area contributed by atoms with E-state index in [4.69, 9.17) is 5.11 Å². The first-order chi connectivity index (χ1) is 9.29. The summed E-state index contributed by atoms with van der Waals surface area (Å²) in [5, 5.41) is 18.2. The van der Waals surface area contributed by atoms with Gasteiger partial charge in [0.1, 0.15) is 5.82 Å². The summed E-state index contributed by atoms with van der Waals surface area (Å²) in [6, 6.07) is 3.23. The van der Waals surface area contributed by atoms with Crippen molar-refractivity contribution < 1.29 is 15.0 Å². The molecular weight excluding hydrogens is 256 g/mol. The Morgan fingerprint density at radius 2 is 2.00 bits per heavy atom. The predicted octanol–water partition coefficient (Wildman–Crippen LogP) is 2.29. The number of aliphatic hydroxyl groups excluding tert-OH is 1. The lowest BCUT2D eigenvalue weighted by Gasteiger charge is -2.25. The number of hydrogen-bond acceptors (Lipinski definition) is 4. The van der Waals surface area contributed by atoms with Crippen LogP contribution in [0.3, 0.4) is 0 Å². The molecule has 0 atom stereocenters. The van der Waals surface area contributed by atoms with Crippen LogP contribution >= 0.6 is 0 Å². The lowest BCUT2D eigenvalue weighted by molar-refractivity contribution is 0.0696. The Hall–Kier alpha value is -1.62. The van der Waals surface area contributed by atoms with Crippen LogP contribution < -0.4 is 4.90 Å². The Morgan fingerprint density at radius 1 is 1.35 bits per heavy atom. The highest BCUT2D eigenvalue weighted by molar-refractivity contribution is 5.88. The van der Waals surface area contributed by atoms with Gasteiger partial charge in [0, 0.05) is 30.8 Å². The minimum atomic E-state index is -0.947. The standard InChI is InChI=1S/C15H24N2O3/c1-5-17(7-6-8-18)13-10-11(14(19)20)9-12(16-13)15(2,3)4/h9-10,18H,5-8H2,1-4H3,(H,19,20). The van der Waals surface area contributed by atoms with Gasteiger partial charge in [-0.05, 0) is 25.5 Å². The summed E-state index contributed by atoms with van der Waals surface area (Å²) in [6.07, 6.45) is 0.637. The quantitative estimate of drug-likeness (QED) is 0.836. The van der Waals surface area contributed by atoms with Gasteiger partial charge in [-0.25, -0.2) is 9.78 Å². The first-order valence-electron chi connectivity index (χ1n) is 6.91. The smallest absolute Gasteiger partial charge is 0.335 e. The maximum absolute atomic E-state index is 11.3. The van der Waals surface area contributed by atoms with Gasteiger partial charge in [0.2, 0.25) is 0 Å². The number of nitrogens with zero attached hydrogens (tertiary/aromatic N) is 2. The summed E-state index contributed by atoms with van der Waals surface area (Å²) >= 11 is 0. The van der Waals surface area contributed by atoms with Crippen molar-refractivity contribution in [1.82, 2.24) is 4.98 Å². The number of aliphatic hydroxyl groups is 1. The molecule has 5 nitrogen and oxygen atoms in total. The van der Waals surface area contributed by atoms with Gasteiger partial charge >= 0.3 is 5.97 Å². The molecule has 1 aromatic heterocycles. The number of pyridine rings is 1. The molecule has 5 heteroatoms. The number of aromatic carboxylic acids is 1. The van der Waals surface area contributed by atoms with Gasteiger partial charge in [0.25, 0.3) is 0 Å². The molecular formula is C15H24N2O3. The van der Waals surface area contributed by atoms with Crippen molar-refractivity contribution in [2.24, 2.45) is 0 Å². The van der Waals surface area contributed by atoms with Crippen LogP contribution in [0.2, 0.25) is 0 Å². The minimum absolute atomic E-state index is 0.112. The third-order valence-electron chi connectivity index (χ3n) is 3.12. The fourth-order valence-corrected chi connectivity index (χ4v) is 1.88. The van der Waals surface area contributed by atoms with Gasteiger partial charge in [-0.3, -0.25) is 0 Å². The van der Waals surface area contributed by atoms with Crippen molar-refractivity contribution in [2.75, 3.05) is 24.6 Å². The second-order valence-electron chi connectivity index (χ2n) is 5.81. The van der Waals surface area contributed by atoms with E-state index in [1.807, 2.05) is 32.6 Å². The number of rotatable bonds is 6. The Bertz CT molecular complexity index is 467. The fraction of sp³-hybridized carbons (Fsp3) is 0.600. The van der Waals surface area contributed by atoms with Crippen molar-refractivity contribution in [3.8, 4) is 0 Å². The van der Waals surface area contributed by atoms with Gasteiger partial charge in [-0.1, -0.05) is 20.8 Å². The van der Waals surface area contributed by atoms with Crippen LogP contribution in [0.15, 0.2) is 12.1 Å². The summed E-state index contributed by atoms with van der Waals surface area (Å²) in [4.78, 5) is 17.8. The van der Waals surface area contributed by atoms with E-state index in [1.165, 1.54) is 0 Å². The van der Waals surface area contributed by atoms with Gasteiger partial charge in [-0.2, -0.15) is 0 Å². The average molecular weight is 280 g/mol. The highest BCUT2D eigenvalue weighted by Gasteiger charge is 2.20. The fourth-order valence-electron chi connectivity index (χ4n) is 1.88. The SMILES string of the molecule is CCN(CCCO)c1cc(C(=O)O)cc(C(C)(C)C)n1. The molecule has 1 heterocycles. The van der Waals surface area contributed by atoms with Crippen LogP contribution in [0.4, 0.5) is 5.82 Å². The lowest BCUT2D eigenvalue weighted by Crippen LogP contribution is -2.27. The predicted molar refractivity (Wildman–Crippen MR) is 79.5 cm³/mol. The molecule has 0 saturated heterocycles. The van der Waals surface area contributed by atoms with Crippen molar-refractivity contribution in [3.63, 3.8) is 0 Å². The topological polar surface area (TPSA) is 73.7 Å². The van der Waals surface area contributed by atoms with E-state index in [1.54, 1.807) is 12.1 Å². The van der Waals surface area contributed by atoms with E-state index in [-0.39, 0.29) is 17.6 Å². The number of aromatic nitrogens is 1. The molecule has 0 fully saturated rings. The summed E-state index contributed by atoms with van der Waals surface area (Å²) < 4.78 is 0. The number of carbonyl (C=O) groups is 1. The monoisotopic (exact) mass is 280 g/mol. The molecule has 0 aromatic carbocycles. The minimum Gasteiger partial charge on any atom is -0.478 e. The Labute approximate surface area is 120 Å². The highest BCUT2D eigenvalue weighted by atomic mass is 16.4. The zero-order valence-electron chi connectivity index (χ0n) is 12.7. The molecule has 112 valence electrons. The van der Waals surface area contributed by atoms with E-state index in [9.17, 15) is 9.90 Å². The molecule has 0 aliphatic rings. The zero-order chi connectivity index (χ0) is 15.3. The van der Waals surface area contributed by atoms with E-state index in [0.29, 0.717) is 18.8 Å². The lowest BCUT2D eigenvalue weighted by atomic mass is 9.90. The largest absolute Gasteiger partial charge is 0.478 e. The highest BCUT2D eigenvalue weighted by Crippen LogP contribution is 2.25. The zero-order valence-corrected chi connectivity index (χ0v) is 12.7. The molecule has 0 amide bonds. The van der Waals surface area contributed by atoms with Crippen LogP contribution in [0.25, 0.3) is 0 Å². The van der Waals surface area contributed by atoms with Crippen molar-refractivity contribution in [3.05, 3.63) is 23.4 Å². The van der Waals surface area contributed by atoms with Gasteiger partial charge in [0.05, 0.1) is 5.56 Å². The number of carboxylic acid groups (broad SMARTS) is 1. The Kier molecular flexibility index (Phi) is 5.51. The molecule has 20 heavy (non-hydrogen) atoms. The summed E-state index contributed by atoms with van der Waals surface area (Å²) in [5.41, 5.74) is 0.800. The summed E-state index contributed by atoms with van der Waals surface area (Å²) in [5.74, 6) is -0.289. The molecule has 1 aromatic rings. The molecule has 1 rings (SSSR count). The maximum atomic E-state index is 11.3. The summed E-state index contributed by atoms with van der Waals surface area (Å²) in [7, 11) is 0. The van der Waals surface area contributed by atoms with Gasteiger partial charge in [-0.15, -0.1) is 0 Å². The first kappa shape index (κ1) is 16.4. The van der Waals surface area contributed by atoms with Crippen LogP contribution in [0.1, 0.15) is 50.2 Å². The van der Waals surface area contributed by atoms with E-state index < -0.39 is 5.97 Å². The summed E-state index contributed by atoms with van der Waals surface area (Å²) in [6.45, 7) is 9.51. The Morgan fingerprint density at radius 3 is 2.45 bits per heavy atom. The van der Waals surface area contributed by atoms with Crippen LogP contribution in [0, 0.1) is 0 Å². The molecule has 0 aliphatic carbocycles. The number of anilines is 1. The van der Waals surface area contributed by atoms with Crippen molar-refractivity contribution in [2.45, 2.75) is 39.5 Å². The second-order valence-corrected chi connectivity index (χ2v) is 5.81. The third-order valence-corrected chi connectivity index (χ3v) is 3.12. The molecule has 0 spiro atoms. The van der Waals surface area contributed by atoms with Crippen molar-refractivity contribution in [1.29, 1.82) is 0 Å².